The highest BCUT2D eigenvalue weighted by Crippen LogP contribution is 2.50. The minimum atomic E-state index is -0.283. The fourth-order valence-electron chi connectivity index (χ4n) is 7.09. The molecule has 1 saturated heterocycles. The number of fused-ring (bicyclic) bond motifs is 3. The van der Waals surface area contributed by atoms with Gasteiger partial charge in [0.25, 0.3) is 0 Å². The van der Waals surface area contributed by atoms with Crippen LogP contribution in [0.1, 0.15) is 81.3 Å². The predicted molar refractivity (Wildman–Crippen MR) is 181 cm³/mol. The SMILES string of the molecule is C=Nc1ccc(-c2ccc3c(c2)C(C)(C)c2cc(C(=O)CC(=O)CNCC4(C)CC4)ccc2-3)cc1NCC1NCCC1CC. The lowest BCUT2D eigenvalue weighted by Gasteiger charge is -2.23. The van der Waals surface area contributed by atoms with Crippen molar-refractivity contribution in [1.29, 1.82) is 0 Å². The number of hydrogen-bond acceptors (Lipinski definition) is 6. The van der Waals surface area contributed by atoms with Gasteiger partial charge in [0.05, 0.1) is 24.3 Å². The number of rotatable bonds is 13. The van der Waals surface area contributed by atoms with Gasteiger partial charge in [0, 0.05) is 30.1 Å². The minimum absolute atomic E-state index is 0.0526. The summed E-state index contributed by atoms with van der Waals surface area (Å²) in [5, 5.41) is 10.5. The topological polar surface area (TPSA) is 82.6 Å². The Labute approximate surface area is 262 Å². The van der Waals surface area contributed by atoms with E-state index in [2.05, 4.69) is 91.8 Å². The summed E-state index contributed by atoms with van der Waals surface area (Å²) < 4.78 is 0. The van der Waals surface area contributed by atoms with Gasteiger partial charge in [-0.05, 0) is 102 Å². The van der Waals surface area contributed by atoms with Crippen LogP contribution in [-0.4, -0.2) is 50.5 Å². The monoisotopic (exact) mass is 590 g/mol. The zero-order valence-electron chi connectivity index (χ0n) is 26.7. The Morgan fingerprint density at radius 2 is 1.68 bits per heavy atom. The molecule has 230 valence electrons. The van der Waals surface area contributed by atoms with Crippen LogP contribution in [0.2, 0.25) is 0 Å². The fraction of sp³-hybridized carbons (Fsp3) is 0.447. The second-order valence-electron chi connectivity index (χ2n) is 14.0. The zero-order valence-corrected chi connectivity index (χ0v) is 26.7. The van der Waals surface area contributed by atoms with Crippen LogP contribution in [0.5, 0.6) is 0 Å². The number of ketones is 2. The molecule has 6 heteroatoms. The van der Waals surface area contributed by atoms with Crippen LogP contribution < -0.4 is 16.0 Å². The first kappa shape index (κ1) is 30.4. The molecule has 1 saturated carbocycles. The maximum atomic E-state index is 13.1. The van der Waals surface area contributed by atoms with Crippen molar-refractivity contribution in [3.8, 4) is 22.3 Å². The van der Waals surface area contributed by atoms with Gasteiger partial charge in [-0.15, -0.1) is 0 Å². The number of Topliss-reactive ketones (excluding diaryl/α,β-unsaturated/α-hetero) is 2. The second kappa shape index (κ2) is 12.1. The Morgan fingerprint density at radius 1 is 0.977 bits per heavy atom. The first-order chi connectivity index (χ1) is 21.1. The van der Waals surface area contributed by atoms with Crippen LogP contribution in [0.4, 0.5) is 11.4 Å². The normalized spacial score (nSPS) is 20.5. The van der Waals surface area contributed by atoms with E-state index >= 15 is 0 Å². The third-order valence-electron chi connectivity index (χ3n) is 10.4. The van der Waals surface area contributed by atoms with Gasteiger partial charge in [-0.3, -0.25) is 14.6 Å². The summed E-state index contributed by atoms with van der Waals surface area (Å²) in [4.78, 5) is 30.0. The van der Waals surface area contributed by atoms with E-state index in [1.165, 1.54) is 36.8 Å². The smallest absolute Gasteiger partial charge is 0.170 e. The minimum Gasteiger partial charge on any atom is -0.382 e. The van der Waals surface area contributed by atoms with Gasteiger partial charge in [-0.25, -0.2) is 0 Å². The molecule has 3 aromatic rings. The molecule has 2 unspecified atom stereocenters. The number of nitrogens with one attached hydrogen (secondary N) is 3. The first-order valence-electron chi connectivity index (χ1n) is 16.3. The predicted octanol–water partition coefficient (Wildman–Crippen LogP) is 7.32. The lowest BCUT2D eigenvalue weighted by molar-refractivity contribution is -0.117. The van der Waals surface area contributed by atoms with E-state index in [1.807, 2.05) is 18.2 Å². The van der Waals surface area contributed by atoms with Crippen molar-refractivity contribution in [2.75, 3.05) is 31.5 Å². The van der Waals surface area contributed by atoms with Crippen molar-refractivity contribution in [1.82, 2.24) is 10.6 Å². The van der Waals surface area contributed by atoms with Crippen molar-refractivity contribution >= 4 is 29.7 Å². The Bertz CT molecular complexity index is 1600. The fourth-order valence-corrected chi connectivity index (χ4v) is 7.09. The summed E-state index contributed by atoms with van der Waals surface area (Å²) >= 11 is 0. The molecule has 2 fully saturated rings. The molecule has 2 atom stereocenters. The molecule has 0 aromatic heterocycles. The van der Waals surface area contributed by atoms with E-state index in [0.717, 1.165) is 53.3 Å². The third-order valence-corrected chi connectivity index (χ3v) is 10.4. The molecule has 0 bridgehead atoms. The average Bonchev–Trinajstić information content (AvgIpc) is 3.49. The molecule has 0 spiro atoms. The molecule has 6 nitrogen and oxygen atoms in total. The molecule has 1 heterocycles. The summed E-state index contributed by atoms with van der Waals surface area (Å²) in [7, 11) is 0. The van der Waals surface area contributed by atoms with Crippen LogP contribution in [0.3, 0.4) is 0 Å². The van der Waals surface area contributed by atoms with E-state index < -0.39 is 0 Å². The van der Waals surface area contributed by atoms with Crippen LogP contribution in [0.15, 0.2) is 59.6 Å². The number of benzene rings is 3. The van der Waals surface area contributed by atoms with E-state index in [-0.39, 0.29) is 29.9 Å². The Balaban J connectivity index is 1.19. The van der Waals surface area contributed by atoms with Gasteiger partial charge in [0.15, 0.2) is 11.6 Å². The standard InChI is InChI=1S/C38H46N4O2/c1-6-24-13-16-41-35(24)22-42-34-19-26(9-12-33(34)39-5)25-7-10-29-30-11-8-27(18-32(30)37(2,3)31(29)17-25)36(44)20-28(43)21-40-23-38(4)14-15-38/h7-12,17-19,24,35,40-42H,5-6,13-16,20-23H2,1-4H3. The van der Waals surface area contributed by atoms with Gasteiger partial charge in [-0.1, -0.05) is 64.4 Å². The summed E-state index contributed by atoms with van der Waals surface area (Å²) in [5.41, 5.74) is 9.51. The summed E-state index contributed by atoms with van der Waals surface area (Å²) in [6.45, 7) is 15.8. The maximum absolute atomic E-state index is 13.1. The first-order valence-corrected chi connectivity index (χ1v) is 16.3. The lowest BCUT2D eigenvalue weighted by Crippen LogP contribution is -2.34. The Kier molecular flexibility index (Phi) is 8.33. The molecule has 44 heavy (non-hydrogen) atoms. The highest BCUT2D eigenvalue weighted by atomic mass is 16.1. The van der Waals surface area contributed by atoms with Crippen LogP contribution >= 0.6 is 0 Å². The molecule has 3 N–H and O–H groups in total. The zero-order chi connectivity index (χ0) is 31.1. The number of hydrogen-bond donors (Lipinski definition) is 3. The highest BCUT2D eigenvalue weighted by molar-refractivity contribution is 6.09. The Hall–Kier alpha value is -3.61. The number of carbonyl (C=O) groups excluding carboxylic acids is 2. The van der Waals surface area contributed by atoms with E-state index in [4.69, 9.17) is 0 Å². The summed E-state index contributed by atoms with van der Waals surface area (Å²) in [5.74, 6) is 0.530. The summed E-state index contributed by atoms with van der Waals surface area (Å²) in [6.07, 6.45) is 4.76. The number of nitrogens with zero attached hydrogens (tertiary/aromatic N) is 1. The highest BCUT2D eigenvalue weighted by Gasteiger charge is 2.37. The van der Waals surface area contributed by atoms with E-state index in [9.17, 15) is 9.59 Å². The molecule has 6 rings (SSSR count). The number of carbonyl (C=O) groups is 2. The number of anilines is 1. The third kappa shape index (κ3) is 6.02. The molecular weight excluding hydrogens is 544 g/mol. The average molecular weight is 591 g/mol. The van der Waals surface area contributed by atoms with Gasteiger partial charge in [0.2, 0.25) is 0 Å². The van der Waals surface area contributed by atoms with Gasteiger partial charge >= 0.3 is 0 Å². The molecular formula is C38H46N4O2. The summed E-state index contributed by atoms with van der Waals surface area (Å²) in [6, 6.07) is 19.4. The molecule has 3 aliphatic rings. The quantitative estimate of drug-likeness (QED) is 0.110. The lowest BCUT2D eigenvalue weighted by atomic mass is 9.81. The molecule has 0 amide bonds. The van der Waals surface area contributed by atoms with Crippen LogP contribution in [0, 0.1) is 11.3 Å². The van der Waals surface area contributed by atoms with E-state index in [0.29, 0.717) is 22.9 Å². The molecule has 2 aliphatic carbocycles. The molecule has 3 aromatic carbocycles. The van der Waals surface area contributed by atoms with Crippen molar-refractivity contribution in [3.05, 3.63) is 71.3 Å². The van der Waals surface area contributed by atoms with Crippen LogP contribution in [0.25, 0.3) is 22.3 Å². The van der Waals surface area contributed by atoms with Gasteiger partial charge < -0.3 is 16.0 Å². The van der Waals surface area contributed by atoms with Crippen molar-refractivity contribution in [2.24, 2.45) is 16.3 Å². The molecule has 1 aliphatic heterocycles. The second-order valence-corrected chi connectivity index (χ2v) is 14.0. The maximum Gasteiger partial charge on any atom is 0.170 e. The largest absolute Gasteiger partial charge is 0.382 e. The molecule has 0 radical (unpaired) electrons. The Morgan fingerprint density at radius 3 is 2.41 bits per heavy atom. The number of aliphatic imine (C=N–C) groups is 1. The van der Waals surface area contributed by atoms with Crippen LogP contribution in [-0.2, 0) is 10.2 Å². The van der Waals surface area contributed by atoms with Crippen molar-refractivity contribution in [2.45, 2.75) is 71.3 Å². The van der Waals surface area contributed by atoms with E-state index in [1.54, 1.807) is 0 Å². The van der Waals surface area contributed by atoms with Gasteiger partial charge in [-0.2, -0.15) is 0 Å². The van der Waals surface area contributed by atoms with Gasteiger partial charge in [0.1, 0.15) is 0 Å². The van der Waals surface area contributed by atoms with Crippen molar-refractivity contribution in [3.63, 3.8) is 0 Å². The van der Waals surface area contributed by atoms with Crippen molar-refractivity contribution < 1.29 is 9.59 Å².